The fourth-order valence-corrected chi connectivity index (χ4v) is 2.47. The molecule has 7 heteroatoms. The van der Waals surface area contributed by atoms with E-state index in [1.807, 2.05) is 0 Å². The Morgan fingerprint density at radius 2 is 2.40 bits per heavy atom. The summed E-state index contributed by atoms with van der Waals surface area (Å²) in [5, 5.41) is 3.84. The molecule has 0 aromatic heterocycles. The van der Waals surface area contributed by atoms with E-state index in [0.717, 1.165) is 0 Å². The molecule has 2 aliphatic rings. The second-order valence-electron chi connectivity index (χ2n) is 4.58. The molecule has 0 unspecified atom stereocenters. The van der Waals surface area contributed by atoms with E-state index >= 15 is 0 Å². The molecule has 3 amide bonds. The molecule has 2 rings (SSSR count). The molecule has 1 N–H and O–H groups in total. The van der Waals surface area contributed by atoms with E-state index in [-0.39, 0.29) is 24.6 Å². The van der Waals surface area contributed by atoms with E-state index in [1.54, 1.807) is 31.2 Å². The Hall–Kier alpha value is -1.86. The third kappa shape index (κ3) is 2.41. The van der Waals surface area contributed by atoms with Crippen molar-refractivity contribution in [3.63, 3.8) is 0 Å². The molecule has 2 atom stereocenters. The zero-order chi connectivity index (χ0) is 14.7. The number of carbonyl (C=O) groups is 2. The summed E-state index contributed by atoms with van der Waals surface area (Å²) in [5.41, 5.74) is 0.528. The lowest BCUT2D eigenvalue weighted by Gasteiger charge is -2.28. The van der Waals surface area contributed by atoms with E-state index in [2.05, 4.69) is 11.9 Å². The molecule has 2 aliphatic heterocycles. The van der Waals surface area contributed by atoms with Crippen LogP contribution in [-0.4, -0.2) is 67.9 Å². The number of amides is 3. The third-order valence-electron chi connectivity index (χ3n) is 3.38. The second kappa shape index (κ2) is 6.06. The maximum absolute atomic E-state index is 12.3. The smallest absolute Gasteiger partial charge is 0.345 e. The van der Waals surface area contributed by atoms with Gasteiger partial charge in [0.25, 0.3) is 0 Å². The Morgan fingerprint density at radius 1 is 1.65 bits per heavy atom. The van der Waals surface area contributed by atoms with Crippen LogP contribution in [0.4, 0.5) is 4.79 Å². The number of likely N-dealkylation sites (N-methyl/N-ethyl adjacent to an activating group) is 1. The van der Waals surface area contributed by atoms with Gasteiger partial charge in [0.05, 0.1) is 25.8 Å². The molecule has 0 radical (unpaired) electrons. The van der Waals surface area contributed by atoms with E-state index < -0.39 is 6.04 Å². The van der Waals surface area contributed by atoms with Gasteiger partial charge in [-0.15, -0.1) is 6.58 Å². The molecule has 0 aromatic carbocycles. The number of nitrogens with one attached hydrogen (secondary N) is 1. The molecule has 0 spiro atoms. The fraction of sp³-hybridized carbons (Fsp3) is 0.538. The maximum Gasteiger partial charge on any atom is 0.345 e. The van der Waals surface area contributed by atoms with Crippen molar-refractivity contribution in [1.82, 2.24) is 15.3 Å². The number of fused-ring (bicyclic) bond motifs is 2. The highest BCUT2D eigenvalue weighted by atomic mass is 16.7. The summed E-state index contributed by atoms with van der Waals surface area (Å²) >= 11 is 0. The van der Waals surface area contributed by atoms with E-state index in [1.165, 1.54) is 5.06 Å². The number of ether oxygens (including phenoxy) is 1. The normalized spacial score (nSPS) is 24.7. The predicted octanol–water partition coefficient (Wildman–Crippen LogP) is -0.0888. The summed E-state index contributed by atoms with van der Waals surface area (Å²) < 4.78 is 5.11. The highest BCUT2D eigenvalue weighted by molar-refractivity contribution is 5.97. The van der Waals surface area contributed by atoms with Crippen LogP contribution in [0.3, 0.4) is 0 Å². The second-order valence-corrected chi connectivity index (χ2v) is 4.58. The van der Waals surface area contributed by atoms with Gasteiger partial charge in [-0.2, -0.15) is 5.06 Å². The lowest BCUT2D eigenvalue weighted by atomic mass is 9.99. The first kappa shape index (κ1) is 14.5. The largest absolute Gasteiger partial charge is 0.382 e. The first-order chi connectivity index (χ1) is 9.63. The van der Waals surface area contributed by atoms with Crippen LogP contribution >= 0.6 is 0 Å². The van der Waals surface area contributed by atoms with Crippen LogP contribution in [0.25, 0.3) is 0 Å². The highest BCUT2D eigenvalue weighted by Crippen LogP contribution is 2.30. The topological polar surface area (TPSA) is 71.1 Å². The van der Waals surface area contributed by atoms with Crippen LogP contribution in [0, 0.1) is 0 Å². The molecule has 0 aromatic rings. The lowest BCUT2D eigenvalue weighted by Crippen LogP contribution is -2.43. The lowest BCUT2D eigenvalue weighted by molar-refractivity contribution is -0.124. The van der Waals surface area contributed by atoms with Crippen molar-refractivity contribution in [3.05, 3.63) is 24.3 Å². The van der Waals surface area contributed by atoms with Gasteiger partial charge in [-0.3, -0.25) is 9.63 Å². The Labute approximate surface area is 117 Å². The molecular weight excluding hydrogens is 262 g/mol. The van der Waals surface area contributed by atoms with Crippen LogP contribution < -0.4 is 5.32 Å². The summed E-state index contributed by atoms with van der Waals surface area (Å²) in [6.45, 7) is 4.53. The Bertz CT molecular complexity index is 449. The van der Waals surface area contributed by atoms with Gasteiger partial charge in [0.15, 0.2) is 0 Å². The number of hydrogen-bond donors (Lipinski definition) is 1. The van der Waals surface area contributed by atoms with Gasteiger partial charge in [-0.1, -0.05) is 6.08 Å². The summed E-state index contributed by atoms with van der Waals surface area (Å²) in [4.78, 5) is 31.3. The van der Waals surface area contributed by atoms with Gasteiger partial charge in [0.1, 0.15) is 6.04 Å². The molecule has 1 fully saturated rings. The van der Waals surface area contributed by atoms with Gasteiger partial charge < -0.3 is 15.0 Å². The van der Waals surface area contributed by atoms with Crippen molar-refractivity contribution < 1.29 is 19.2 Å². The quantitative estimate of drug-likeness (QED) is 0.691. The van der Waals surface area contributed by atoms with Crippen molar-refractivity contribution in [2.45, 2.75) is 12.1 Å². The minimum atomic E-state index is -0.393. The minimum Gasteiger partial charge on any atom is -0.382 e. The average Bonchev–Trinajstić information content (AvgIpc) is 2.73. The number of rotatable bonds is 6. The predicted molar refractivity (Wildman–Crippen MR) is 71.7 cm³/mol. The van der Waals surface area contributed by atoms with Crippen molar-refractivity contribution >= 4 is 11.9 Å². The van der Waals surface area contributed by atoms with Gasteiger partial charge in [0.2, 0.25) is 5.91 Å². The van der Waals surface area contributed by atoms with Gasteiger partial charge in [-0.25, -0.2) is 4.79 Å². The van der Waals surface area contributed by atoms with E-state index in [0.29, 0.717) is 18.7 Å². The summed E-state index contributed by atoms with van der Waals surface area (Å²) in [5.74, 6) is -0.211. The molecule has 110 valence electrons. The van der Waals surface area contributed by atoms with Crippen LogP contribution in [0.1, 0.15) is 0 Å². The molecule has 0 aliphatic carbocycles. The van der Waals surface area contributed by atoms with Crippen molar-refractivity contribution in [2.75, 3.05) is 33.9 Å². The van der Waals surface area contributed by atoms with Crippen molar-refractivity contribution in [1.29, 1.82) is 0 Å². The molecule has 1 saturated heterocycles. The standard InChI is InChI=1S/C13H19N3O4/c1-4-5-20-16-11-7-15(13(16)18)9(8-19-3)6-10(11)12(17)14-2/h4,6,9,11H,1,5,7-8H2,2-3H3,(H,14,17)/t9-,11-/m0/s1. The number of carbonyl (C=O) groups excluding carboxylic acids is 2. The zero-order valence-corrected chi connectivity index (χ0v) is 11.7. The number of nitrogens with zero attached hydrogens (tertiary/aromatic N) is 2. The van der Waals surface area contributed by atoms with Gasteiger partial charge >= 0.3 is 6.03 Å². The van der Waals surface area contributed by atoms with E-state index in [9.17, 15) is 9.59 Å². The number of hydrogen-bond acceptors (Lipinski definition) is 4. The minimum absolute atomic E-state index is 0.211. The highest BCUT2D eigenvalue weighted by Gasteiger charge is 2.48. The average molecular weight is 281 g/mol. The molecule has 0 saturated carbocycles. The maximum atomic E-state index is 12.3. The number of methoxy groups -OCH3 is 1. The van der Waals surface area contributed by atoms with Gasteiger partial charge in [-0.05, 0) is 6.08 Å². The molecule has 2 bridgehead atoms. The Morgan fingerprint density at radius 3 is 3.00 bits per heavy atom. The monoisotopic (exact) mass is 281 g/mol. The van der Waals surface area contributed by atoms with Gasteiger partial charge in [0, 0.05) is 19.7 Å². The summed E-state index contributed by atoms with van der Waals surface area (Å²) in [7, 11) is 3.12. The van der Waals surface area contributed by atoms with Crippen LogP contribution in [0.5, 0.6) is 0 Å². The first-order valence-electron chi connectivity index (χ1n) is 6.40. The van der Waals surface area contributed by atoms with Crippen molar-refractivity contribution in [3.8, 4) is 0 Å². The first-order valence-corrected chi connectivity index (χ1v) is 6.40. The van der Waals surface area contributed by atoms with E-state index in [4.69, 9.17) is 9.57 Å². The fourth-order valence-electron chi connectivity index (χ4n) is 2.47. The Kier molecular flexibility index (Phi) is 4.41. The molecule has 2 heterocycles. The summed E-state index contributed by atoms with van der Waals surface area (Å²) in [6, 6.07) is -0.905. The molecule has 7 nitrogen and oxygen atoms in total. The number of urea groups is 1. The molecular formula is C13H19N3O4. The van der Waals surface area contributed by atoms with Crippen LogP contribution in [-0.2, 0) is 14.4 Å². The summed E-state index contributed by atoms with van der Waals surface area (Å²) in [6.07, 6.45) is 3.33. The SMILES string of the molecule is C=CCON1C(=O)N2C[C@H]1C(C(=O)NC)=C[C@H]2COC. The van der Waals surface area contributed by atoms with Crippen LogP contribution in [0.2, 0.25) is 0 Å². The van der Waals surface area contributed by atoms with Crippen molar-refractivity contribution in [2.24, 2.45) is 0 Å². The zero-order valence-electron chi connectivity index (χ0n) is 11.7. The van der Waals surface area contributed by atoms with Crippen LogP contribution in [0.15, 0.2) is 24.3 Å². The Balaban J connectivity index is 2.28. The number of hydroxylamine groups is 2. The third-order valence-corrected chi connectivity index (χ3v) is 3.38. The molecule has 20 heavy (non-hydrogen) atoms.